The molecule has 1 aromatic heterocycles. The van der Waals surface area contributed by atoms with Gasteiger partial charge in [0.2, 0.25) is 5.91 Å². The highest BCUT2D eigenvalue weighted by molar-refractivity contribution is 6.01. The first-order valence-corrected chi connectivity index (χ1v) is 8.33. The number of carbonyl (C=O) groups is 1. The lowest BCUT2D eigenvalue weighted by Gasteiger charge is -2.11. The number of anilines is 2. The maximum atomic E-state index is 11.3. The maximum Gasteiger partial charge on any atom is 0.248 e. The van der Waals surface area contributed by atoms with Crippen LogP contribution < -0.4 is 11.1 Å². The smallest absolute Gasteiger partial charge is 0.248 e. The summed E-state index contributed by atoms with van der Waals surface area (Å²) in [6.07, 6.45) is 0. The Bertz CT molecular complexity index is 1120. The molecule has 0 aliphatic rings. The molecule has 4 aromatic rings. The molecule has 0 saturated heterocycles. The number of nitrogens with one attached hydrogen (secondary N) is 1. The third-order valence-electron chi connectivity index (χ3n) is 4.26. The Kier molecular flexibility index (Phi) is 4.14. The van der Waals surface area contributed by atoms with E-state index in [9.17, 15) is 9.90 Å². The van der Waals surface area contributed by atoms with Crippen molar-refractivity contribution in [2.75, 3.05) is 5.32 Å². The van der Waals surface area contributed by atoms with E-state index >= 15 is 0 Å². The number of phenolic OH excluding ortho intramolecular Hbond substituents is 1. The van der Waals surface area contributed by atoms with E-state index in [1.165, 1.54) is 0 Å². The van der Waals surface area contributed by atoms with E-state index in [1.807, 2.05) is 36.4 Å². The van der Waals surface area contributed by atoms with Crippen LogP contribution in [0.3, 0.4) is 0 Å². The molecule has 0 unspecified atom stereocenters. The zero-order valence-corrected chi connectivity index (χ0v) is 14.3. The number of benzene rings is 3. The van der Waals surface area contributed by atoms with Gasteiger partial charge in [-0.05, 0) is 36.4 Å². The number of hydrogen-bond donors (Lipinski definition) is 3. The highest BCUT2D eigenvalue weighted by Gasteiger charge is 2.11. The van der Waals surface area contributed by atoms with Crippen LogP contribution in [0.15, 0.2) is 72.8 Å². The van der Waals surface area contributed by atoms with Gasteiger partial charge in [0.05, 0.1) is 0 Å². The minimum Gasteiger partial charge on any atom is -0.508 e. The van der Waals surface area contributed by atoms with E-state index < -0.39 is 5.91 Å². The fourth-order valence-corrected chi connectivity index (χ4v) is 2.88. The second kappa shape index (κ2) is 6.76. The Balaban J connectivity index is 1.78. The molecule has 6 heteroatoms. The van der Waals surface area contributed by atoms with Gasteiger partial charge in [-0.3, -0.25) is 4.79 Å². The molecule has 132 valence electrons. The molecule has 0 atom stereocenters. The molecule has 1 amide bonds. The van der Waals surface area contributed by atoms with Gasteiger partial charge in [0, 0.05) is 27.6 Å². The number of hydrogen-bond acceptors (Lipinski definition) is 5. The van der Waals surface area contributed by atoms with Gasteiger partial charge in [-0.2, -0.15) is 0 Å². The Labute approximate surface area is 155 Å². The third kappa shape index (κ3) is 3.28. The molecule has 4 N–H and O–H groups in total. The predicted molar refractivity (Wildman–Crippen MR) is 105 cm³/mol. The molecule has 3 aromatic carbocycles. The summed E-state index contributed by atoms with van der Waals surface area (Å²) in [7, 11) is 0. The molecule has 0 radical (unpaired) electrons. The van der Waals surface area contributed by atoms with Crippen LogP contribution in [0.2, 0.25) is 0 Å². The maximum absolute atomic E-state index is 11.3. The van der Waals surface area contributed by atoms with E-state index in [0.717, 1.165) is 27.7 Å². The predicted octanol–water partition coefficient (Wildman–Crippen LogP) is 3.84. The summed E-state index contributed by atoms with van der Waals surface area (Å²) in [5, 5.41) is 23.2. The van der Waals surface area contributed by atoms with Crippen molar-refractivity contribution in [2.45, 2.75) is 0 Å². The second-order valence-corrected chi connectivity index (χ2v) is 6.06. The largest absolute Gasteiger partial charge is 0.508 e. The SMILES string of the molecule is NC(=O)c1ccc(-c2nnc(Nc3ccc(O)cc3)c3ccccc23)cc1. The van der Waals surface area contributed by atoms with Crippen molar-refractivity contribution in [1.82, 2.24) is 10.2 Å². The van der Waals surface area contributed by atoms with Gasteiger partial charge in [-0.15, -0.1) is 10.2 Å². The lowest BCUT2D eigenvalue weighted by molar-refractivity contribution is 0.100. The fourth-order valence-electron chi connectivity index (χ4n) is 2.88. The fraction of sp³-hybridized carbons (Fsp3) is 0. The van der Waals surface area contributed by atoms with Gasteiger partial charge >= 0.3 is 0 Å². The minimum atomic E-state index is -0.467. The van der Waals surface area contributed by atoms with Crippen LogP contribution in [0.1, 0.15) is 10.4 Å². The number of nitrogens with two attached hydrogens (primary N) is 1. The summed E-state index contributed by atoms with van der Waals surface area (Å²) >= 11 is 0. The molecule has 1 heterocycles. The average Bonchev–Trinajstić information content (AvgIpc) is 2.70. The lowest BCUT2D eigenvalue weighted by atomic mass is 10.0. The summed E-state index contributed by atoms with van der Waals surface area (Å²) in [4.78, 5) is 11.3. The first-order valence-electron chi connectivity index (χ1n) is 8.33. The number of nitrogens with zero attached hydrogens (tertiary/aromatic N) is 2. The van der Waals surface area contributed by atoms with Crippen LogP contribution in [0.4, 0.5) is 11.5 Å². The second-order valence-electron chi connectivity index (χ2n) is 6.06. The van der Waals surface area contributed by atoms with Crippen LogP contribution >= 0.6 is 0 Å². The van der Waals surface area contributed by atoms with Crippen molar-refractivity contribution in [3.63, 3.8) is 0 Å². The molecule has 6 nitrogen and oxygen atoms in total. The number of phenols is 1. The quantitative estimate of drug-likeness (QED) is 0.482. The first kappa shape index (κ1) is 16.5. The average molecular weight is 356 g/mol. The van der Waals surface area contributed by atoms with Crippen LogP contribution in [0.5, 0.6) is 5.75 Å². The summed E-state index contributed by atoms with van der Waals surface area (Å²) in [6, 6.07) is 21.5. The molecule has 27 heavy (non-hydrogen) atoms. The molecular weight excluding hydrogens is 340 g/mol. The van der Waals surface area contributed by atoms with Crippen LogP contribution in [0.25, 0.3) is 22.0 Å². The topological polar surface area (TPSA) is 101 Å². The molecule has 0 saturated carbocycles. The summed E-state index contributed by atoms with van der Waals surface area (Å²) < 4.78 is 0. The van der Waals surface area contributed by atoms with Crippen molar-refractivity contribution in [1.29, 1.82) is 0 Å². The third-order valence-corrected chi connectivity index (χ3v) is 4.26. The molecule has 0 aliphatic carbocycles. The molecule has 0 aliphatic heterocycles. The number of fused-ring (bicyclic) bond motifs is 1. The Morgan fingerprint density at radius 3 is 2.19 bits per heavy atom. The van der Waals surface area contributed by atoms with Crippen LogP contribution in [-0.2, 0) is 0 Å². The van der Waals surface area contributed by atoms with Crippen molar-refractivity contribution >= 4 is 28.2 Å². The molecule has 0 spiro atoms. The van der Waals surface area contributed by atoms with E-state index in [4.69, 9.17) is 5.73 Å². The number of primary amides is 1. The summed E-state index contributed by atoms with van der Waals surface area (Å²) in [5.41, 5.74) is 8.12. The number of carbonyl (C=O) groups excluding carboxylic acids is 1. The van der Waals surface area contributed by atoms with Gasteiger partial charge in [0.15, 0.2) is 5.82 Å². The number of aromatic nitrogens is 2. The zero-order valence-electron chi connectivity index (χ0n) is 14.3. The van der Waals surface area contributed by atoms with E-state index in [2.05, 4.69) is 15.5 Å². The zero-order chi connectivity index (χ0) is 18.8. The van der Waals surface area contributed by atoms with Crippen molar-refractivity contribution in [2.24, 2.45) is 5.73 Å². The first-order chi connectivity index (χ1) is 13.1. The molecular formula is C21H16N4O2. The highest BCUT2D eigenvalue weighted by Crippen LogP contribution is 2.31. The van der Waals surface area contributed by atoms with E-state index in [-0.39, 0.29) is 5.75 Å². The number of aromatic hydroxyl groups is 1. The normalized spacial score (nSPS) is 10.7. The Hall–Kier alpha value is -3.93. The van der Waals surface area contributed by atoms with Crippen molar-refractivity contribution in [3.05, 3.63) is 78.4 Å². The van der Waals surface area contributed by atoms with E-state index in [0.29, 0.717) is 11.4 Å². The lowest BCUT2D eigenvalue weighted by Crippen LogP contribution is -2.10. The highest BCUT2D eigenvalue weighted by atomic mass is 16.3. The van der Waals surface area contributed by atoms with Crippen LogP contribution in [-0.4, -0.2) is 21.2 Å². The van der Waals surface area contributed by atoms with Gasteiger partial charge in [-0.1, -0.05) is 36.4 Å². The number of amides is 1. The van der Waals surface area contributed by atoms with Crippen LogP contribution in [0, 0.1) is 0 Å². The molecule has 0 fully saturated rings. The standard InChI is InChI=1S/C21H16N4O2/c22-20(27)14-7-5-13(6-8-14)19-17-3-1-2-4-18(17)21(25-24-19)23-15-9-11-16(26)12-10-15/h1-12,26H,(H2,22,27)(H,23,25). The molecule has 0 bridgehead atoms. The van der Waals surface area contributed by atoms with Gasteiger partial charge < -0.3 is 16.2 Å². The van der Waals surface area contributed by atoms with Gasteiger partial charge in [-0.25, -0.2) is 0 Å². The Morgan fingerprint density at radius 1 is 0.852 bits per heavy atom. The van der Waals surface area contributed by atoms with Gasteiger partial charge in [0.1, 0.15) is 11.4 Å². The number of rotatable bonds is 4. The Morgan fingerprint density at radius 2 is 1.52 bits per heavy atom. The summed E-state index contributed by atoms with van der Waals surface area (Å²) in [5.74, 6) is 0.353. The molecule has 4 rings (SSSR count). The van der Waals surface area contributed by atoms with Gasteiger partial charge in [0.25, 0.3) is 0 Å². The monoisotopic (exact) mass is 356 g/mol. The summed E-state index contributed by atoms with van der Waals surface area (Å²) in [6.45, 7) is 0. The van der Waals surface area contributed by atoms with Crippen molar-refractivity contribution < 1.29 is 9.90 Å². The van der Waals surface area contributed by atoms with Crippen molar-refractivity contribution in [3.8, 4) is 17.0 Å². The van der Waals surface area contributed by atoms with E-state index in [1.54, 1.807) is 36.4 Å². The minimum absolute atomic E-state index is 0.200.